The van der Waals surface area contributed by atoms with Gasteiger partial charge in [-0.05, 0) is 43.0 Å². The summed E-state index contributed by atoms with van der Waals surface area (Å²) in [5.41, 5.74) is 1.37. The van der Waals surface area contributed by atoms with Crippen LogP contribution in [0, 0.1) is 12.7 Å². The predicted octanol–water partition coefficient (Wildman–Crippen LogP) is 3.29. The number of nitrogens with zero attached hydrogens (tertiary/aromatic N) is 4. The number of fused-ring (bicyclic) bond motifs is 1. The maximum Gasteiger partial charge on any atom is 0.241 e. The molecule has 1 atom stereocenters. The van der Waals surface area contributed by atoms with Gasteiger partial charge in [0.2, 0.25) is 5.91 Å². The van der Waals surface area contributed by atoms with E-state index in [1.807, 2.05) is 19.2 Å². The number of hydrogen-bond acceptors (Lipinski definition) is 6. The standard InChI is InChI=1S/C20H22FN5OS/c1-13-3-4-15(21)11-17(13)24-19(27)14(2)25-6-8-26(9-7-25)18-16-5-10-28-20(16)23-12-22-18/h3-5,10-12,14H,6-9H2,1-2H3,(H,24,27)/t14-/m0/s1. The summed E-state index contributed by atoms with van der Waals surface area (Å²) in [6.07, 6.45) is 1.61. The van der Waals surface area contributed by atoms with E-state index in [0.29, 0.717) is 5.69 Å². The van der Waals surface area contributed by atoms with Gasteiger partial charge in [0.25, 0.3) is 0 Å². The van der Waals surface area contributed by atoms with Gasteiger partial charge in [0, 0.05) is 31.9 Å². The Morgan fingerprint density at radius 1 is 1.21 bits per heavy atom. The topological polar surface area (TPSA) is 61.4 Å². The third kappa shape index (κ3) is 3.70. The summed E-state index contributed by atoms with van der Waals surface area (Å²) in [4.78, 5) is 26.8. The van der Waals surface area contributed by atoms with Gasteiger partial charge in [0.15, 0.2) is 0 Å². The van der Waals surface area contributed by atoms with E-state index in [-0.39, 0.29) is 17.8 Å². The number of carbonyl (C=O) groups excluding carboxylic acids is 1. The molecule has 1 aromatic carbocycles. The zero-order valence-corrected chi connectivity index (χ0v) is 16.7. The third-order valence-electron chi connectivity index (χ3n) is 5.24. The fraction of sp³-hybridized carbons (Fsp3) is 0.350. The second kappa shape index (κ2) is 7.81. The van der Waals surface area contributed by atoms with Crippen LogP contribution in [0.4, 0.5) is 15.9 Å². The number of anilines is 2. The molecule has 1 fully saturated rings. The number of carbonyl (C=O) groups is 1. The smallest absolute Gasteiger partial charge is 0.241 e. The molecule has 1 saturated heterocycles. The van der Waals surface area contributed by atoms with E-state index in [1.165, 1.54) is 12.1 Å². The highest BCUT2D eigenvalue weighted by Crippen LogP contribution is 2.27. The molecule has 1 aliphatic rings. The lowest BCUT2D eigenvalue weighted by Gasteiger charge is -2.38. The maximum atomic E-state index is 13.5. The molecule has 146 valence electrons. The van der Waals surface area contributed by atoms with Gasteiger partial charge in [-0.3, -0.25) is 9.69 Å². The molecule has 0 aliphatic carbocycles. The molecule has 28 heavy (non-hydrogen) atoms. The van der Waals surface area contributed by atoms with Crippen LogP contribution in [-0.4, -0.2) is 53.0 Å². The van der Waals surface area contributed by atoms with E-state index < -0.39 is 0 Å². The molecule has 0 saturated carbocycles. The van der Waals surface area contributed by atoms with E-state index in [4.69, 9.17) is 0 Å². The Morgan fingerprint density at radius 3 is 2.79 bits per heavy atom. The van der Waals surface area contributed by atoms with Crippen LogP contribution in [0.5, 0.6) is 0 Å². The maximum absolute atomic E-state index is 13.5. The van der Waals surface area contributed by atoms with Crippen LogP contribution in [-0.2, 0) is 4.79 Å². The summed E-state index contributed by atoms with van der Waals surface area (Å²) in [6.45, 7) is 6.84. The minimum absolute atomic E-state index is 0.121. The lowest BCUT2D eigenvalue weighted by molar-refractivity contribution is -0.120. The third-order valence-corrected chi connectivity index (χ3v) is 6.06. The van der Waals surface area contributed by atoms with Gasteiger partial charge in [-0.25, -0.2) is 14.4 Å². The van der Waals surface area contributed by atoms with Crippen molar-refractivity contribution in [2.45, 2.75) is 19.9 Å². The van der Waals surface area contributed by atoms with Crippen LogP contribution < -0.4 is 10.2 Å². The molecule has 8 heteroatoms. The summed E-state index contributed by atoms with van der Waals surface area (Å²) in [6, 6.07) is 6.18. The highest BCUT2D eigenvalue weighted by atomic mass is 32.1. The van der Waals surface area contributed by atoms with Gasteiger partial charge in [-0.15, -0.1) is 11.3 Å². The molecule has 0 unspecified atom stereocenters. The van der Waals surface area contributed by atoms with Crippen LogP contribution in [0.15, 0.2) is 36.0 Å². The van der Waals surface area contributed by atoms with Gasteiger partial charge >= 0.3 is 0 Å². The predicted molar refractivity (Wildman–Crippen MR) is 110 cm³/mol. The molecule has 6 nitrogen and oxygen atoms in total. The molecule has 1 amide bonds. The highest BCUT2D eigenvalue weighted by Gasteiger charge is 2.27. The summed E-state index contributed by atoms with van der Waals surface area (Å²) in [5, 5.41) is 5.96. The average molecular weight is 399 g/mol. The van der Waals surface area contributed by atoms with E-state index in [1.54, 1.807) is 23.7 Å². The first-order valence-corrected chi connectivity index (χ1v) is 10.1. The van der Waals surface area contributed by atoms with Gasteiger partial charge in [-0.2, -0.15) is 0 Å². The minimum Gasteiger partial charge on any atom is -0.353 e. The number of halogens is 1. The molecule has 2 aromatic heterocycles. The normalized spacial score (nSPS) is 16.3. The molecule has 3 heterocycles. The zero-order chi connectivity index (χ0) is 19.7. The Hall–Kier alpha value is -2.58. The van der Waals surface area contributed by atoms with Gasteiger partial charge < -0.3 is 10.2 Å². The monoisotopic (exact) mass is 399 g/mol. The number of piperazine rings is 1. The molecule has 1 aliphatic heterocycles. The SMILES string of the molecule is Cc1ccc(F)cc1NC(=O)[C@H](C)N1CCN(c2ncnc3sccc23)CC1. The van der Waals surface area contributed by atoms with Crippen molar-refractivity contribution in [1.29, 1.82) is 0 Å². The van der Waals surface area contributed by atoms with Crippen LogP contribution in [0.1, 0.15) is 12.5 Å². The van der Waals surface area contributed by atoms with Gasteiger partial charge in [-0.1, -0.05) is 6.07 Å². The van der Waals surface area contributed by atoms with Crippen molar-refractivity contribution in [3.63, 3.8) is 0 Å². The number of benzene rings is 1. The van der Waals surface area contributed by atoms with Crippen molar-refractivity contribution < 1.29 is 9.18 Å². The first kappa shape index (κ1) is 18.8. The van der Waals surface area contributed by atoms with Crippen LogP contribution >= 0.6 is 11.3 Å². The van der Waals surface area contributed by atoms with E-state index >= 15 is 0 Å². The van der Waals surface area contributed by atoms with Crippen molar-refractivity contribution in [2.24, 2.45) is 0 Å². The lowest BCUT2D eigenvalue weighted by Crippen LogP contribution is -2.53. The summed E-state index contributed by atoms with van der Waals surface area (Å²) in [5.74, 6) is 0.481. The van der Waals surface area contributed by atoms with Crippen molar-refractivity contribution in [1.82, 2.24) is 14.9 Å². The van der Waals surface area contributed by atoms with Crippen molar-refractivity contribution >= 4 is 39.0 Å². The van der Waals surface area contributed by atoms with Gasteiger partial charge in [0.05, 0.1) is 11.4 Å². The quantitative estimate of drug-likeness (QED) is 0.730. The van der Waals surface area contributed by atoms with Crippen LogP contribution in [0.25, 0.3) is 10.2 Å². The Kier molecular flexibility index (Phi) is 5.23. The summed E-state index contributed by atoms with van der Waals surface area (Å²) < 4.78 is 13.5. The second-order valence-corrected chi connectivity index (χ2v) is 7.88. The largest absolute Gasteiger partial charge is 0.353 e. The fourth-order valence-corrected chi connectivity index (χ4v) is 4.21. The number of aromatic nitrogens is 2. The zero-order valence-electron chi connectivity index (χ0n) is 15.9. The molecule has 4 rings (SSSR count). The van der Waals surface area contributed by atoms with Crippen LogP contribution in [0.2, 0.25) is 0 Å². The summed E-state index contributed by atoms with van der Waals surface area (Å²) >= 11 is 1.61. The summed E-state index contributed by atoms with van der Waals surface area (Å²) in [7, 11) is 0. The molecule has 1 N–H and O–H groups in total. The first-order chi connectivity index (χ1) is 13.5. The van der Waals surface area contributed by atoms with Crippen molar-refractivity contribution in [3.8, 4) is 0 Å². The van der Waals surface area contributed by atoms with Gasteiger partial charge in [0.1, 0.15) is 22.8 Å². The van der Waals surface area contributed by atoms with E-state index in [0.717, 1.165) is 47.8 Å². The number of rotatable bonds is 4. The second-order valence-electron chi connectivity index (χ2n) is 6.98. The molecular formula is C20H22FN5OS. The highest BCUT2D eigenvalue weighted by molar-refractivity contribution is 7.16. The van der Waals surface area contributed by atoms with Crippen molar-refractivity contribution in [2.75, 3.05) is 36.4 Å². The Bertz CT molecular complexity index is 999. The lowest BCUT2D eigenvalue weighted by atomic mass is 10.1. The minimum atomic E-state index is -0.355. The van der Waals surface area contributed by atoms with Crippen molar-refractivity contribution in [3.05, 3.63) is 47.4 Å². The van der Waals surface area contributed by atoms with E-state index in [2.05, 4.69) is 31.2 Å². The molecule has 0 radical (unpaired) electrons. The Balaban J connectivity index is 1.39. The Morgan fingerprint density at radius 2 is 2.00 bits per heavy atom. The first-order valence-electron chi connectivity index (χ1n) is 9.27. The van der Waals surface area contributed by atoms with E-state index in [9.17, 15) is 9.18 Å². The number of nitrogens with one attached hydrogen (secondary N) is 1. The fourth-order valence-electron chi connectivity index (χ4n) is 3.48. The number of amides is 1. The molecule has 0 spiro atoms. The average Bonchev–Trinajstić information content (AvgIpc) is 3.19. The Labute approximate surface area is 167 Å². The molecule has 0 bridgehead atoms. The number of hydrogen-bond donors (Lipinski definition) is 1. The number of aryl methyl sites for hydroxylation is 1. The molecular weight excluding hydrogens is 377 g/mol. The van der Waals surface area contributed by atoms with Crippen LogP contribution in [0.3, 0.4) is 0 Å². The number of thiophene rings is 1. The molecule has 3 aromatic rings.